The van der Waals surface area contributed by atoms with Gasteiger partial charge in [0.2, 0.25) is 0 Å². The van der Waals surface area contributed by atoms with Crippen LogP contribution in [0, 0.1) is 0 Å². The van der Waals surface area contributed by atoms with Gasteiger partial charge in [-0.05, 0) is 23.0 Å². The van der Waals surface area contributed by atoms with Gasteiger partial charge in [0.1, 0.15) is 0 Å². The summed E-state index contributed by atoms with van der Waals surface area (Å²) in [5.74, 6) is -0.685. The second-order valence-electron chi connectivity index (χ2n) is 11.5. The lowest BCUT2D eigenvalue weighted by atomic mass is 9.93. The lowest BCUT2D eigenvalue weighted by Gasteiger charge is -2.33. The van der Waals surface area contributed by atoms with Gasteiger partial charge in [-0.2, -0.15) is 0 Å². The van der Waals surface area contributed by atoms with E-state index in [9.17, 15) is 9.59 Å². The highest BCUT2D eigenvalue weighted by molar-refractivity contribution is 7.85. The molecule has 0 saturated heterocycles. The maximum atomic E-state index is 14.1. The fourth-order valence-electron chi connectivity index (χ4n) is 4.99. The van der Waals surface area contributed by atoms with Crippen LogP contribution in [-0.4, -0.2) is 34.2 Å². The maximum absolute atomic E-state index is 14.1. The first kappa shape index (κ1) is 31.3. The molecule has 0 fully saturated rings. The highest BCUT2D eigenvalue weighted by atomic mass is 31.2. The van der Waals surface area contributed by atoms with Crippen LogP contribution in [0.1, 0.15) is 50.7 Å². The van der Waals surface area contributed by atoms with E-state index in [1.54, 1.807) is 0 Å². The summed E-state index contributed by atoms with van der Waals surface area (Å²) in [5.41, 5.74) is 3.06. The Hall–Kier alpha value is -3.21. The second kappa shape index (κ2) is 13.0. The molecule has 0 radical (unpaired) electrons. The molecular weight excluding hydrogens is 533 g/mol. The molecule has 0 amide bonds. The van der Waals surface area contributed by atoms with E-state index in [2.05, 4.69) is 65.5 Å². The molecule has 40 heavy (non-hydrogen) atoms. The zero-order valence-corrected chi connectivity index (χ0v) is 27.1. The van der Waals surface area contributed by atoms with Crippen molar-refractivity contribution in [2.75, 3.05) is 14.2 Å². The summed E-state index contributed by atoms with van der Waals surface area (Å²) in [5, 5.41) is 2.45. The third-order valence-corrected chi connectivity index (χ3v) is 12.7. The fourth-order valence-corrected chi connectivity index (χ4v) is 11.7. The molecule has 0 aliphatic carbocycles. The lowest BCUT2D eigenvalue weighted by Crippen LogP contribution is -2.36. The summed E-state index contributed by atoms with van der Waals surface area (Å²) in [7, 11) is -2.96. The van der Waals surface area contributed by atoms with Crippen LogP contribution >= 0.6 is 7.05 Å². The largest absolute Gasteiger partial charge is 0.466 e. The van der Waals surface area contributed by atoms with E-state index < -0.39 is 27.1 Å². The Kier molecular flexibility index (Phi) is 10.2. The van der Waals surface area contributed by atoms with Crippen LogP contribution in [0.4, 0.5) is 5.69 Å². The second-order valence-corrected chi connectivity index (χ2v) is 19.4. The zero-order chi connectivity index (χ0) is 29.7. The van der Waals surface area contributed by atoms with Gasteiger partial charge >= 0.3 is 11.9 Å². The molecule has 0 saturated carbocycles. The minimum atomic E-state index is -3.19. The summed E-state index contributed by atoms with van der Waals surface area (Å²) in [4.78, 5) is 27.8. The van der Waals surface area contributed by atoms with E-state index >= 15 is 0 Å². The summed E-state index contributed by atoms with van der Waals surface area (Å²) in [6, 6.07) is 26.1. The van der Waals surface area contributed by atoms with E-state index in [0.29, 0.717) is 10.5 Å². The summed E-state index contributed by atoms with van der Waals surface area (Å²) < 4.78 is 16.6. The fraction of sp³-hybridized carbons (Fsp3) is 0.333. The first-order chi connectivity index (χ1) is 18.9. The number of rotatable bonds is 9. The van der Waals surface area contributed by atoms with Gasteiger partial charge in [0, 0.05) is 15.8 Å². The molecule has 0 bridgehead atoms. The summed E-state index contributed by atoms with van der Waals surface area (Å²) in [6.07, 6.45) is 0. The number of ether oxygens (including phenoxy) is 2. The quantitative estimate of drug-likeness (QED) is 0.113. The van der Waals surface area contributed by atoms with Crippen molar-refractivity contribution in [3.63, 3.8) is 0 Å². The molecule has 0 aromatic heterocycles. The van der Waals surface area contributed by atoms with Crippen molar-refractivity contribution in [1.82, 2.24) is 0 Å². The minimum absolute atomic E-state index is 0.188. The Morgan fingerprint density at radius 2 is 1.10 bits per heavy atom. The molecule has 3 aromatic carbocycles. The highest BCUT2D eigenvalue weighted by Crippen LogP contribution is 2.60. The van der Waals surface area contributed by atoms with E-state index in [4.69, 9.17) is 14.2 Å². The van der Waals surface area contributed by atoms with E-state index in [1.807, 2.05) is 60.7 Å². The average molecular weight is 576 g/mol. The van der Waals surface area contributed by atoms with Crippen molar-refractivity contribution < 1.29 is 19.1 Å². The normalized spacial score (nSPS) is 12.7. The van der Waals surface area contributed by atoms with Gasteiger partial charge in [0.05, 0.1) is 40.3 Å². The van der Waals surface area contributed by atoms with Crippen molar-refractivity contribution >= 4 is 43.4 Å². The molecule has 0 spiro atoms. The molecule has 3 rings (SSSR count). The van der Waals surface area contributed by atoms with Gasteiger partial charge in [-0.1, -0.05) is 126 Å². The molecule has 0 aliphatic heterocycles. The van der Waals surface area contributed by atoms with Gasteiger partial charge in [0.25, 0.3) is 0 Å². The number of esters is 2. The van der Waals surface area contributed by atoms with Crippen LogP contribution in [0.3, 0.4) is 0 Å². The predicted molar refractivity (Wildman–Crippen MR) is 170 cm³/mol. The number of carbonyl (C=O) groups is 2. The molecule has 0 aliphatic rings. The van der Waals surface area contributed by atoms with Crippen molar-refractivity contribution in [3.05, 3.63) is 101 Å². The number of hydrogen-bond donors (Lipinski definition) is 0. The number of methoxy groups -OCH3 is 2. The molecule has 212 valence electrons. The lowest BCUT2D eigenvalue weighted by molar-refractivity contribution is -0.138. The molecule has 5 nitrogen and oxygen atoms in total. The van der Waals surface area contributed by atoms with Gasteiger partial charge in [-0.15, -0.1) is 0 Å². The number of carbonyl (C=O) groups excluding carboxylic acids is 2. The van der Waals surface area contributed by atoms with Crippen LogP contribution in [0.2, 0.25) is 19.6 Å². The first-order valence-corrected chi connectivity index (χ1v) is 18.9. The minimum Gasteiger partial charge on any atom is -0.466 e. The van der Waals surface area contributed by atoms with Crippen LogP contribution in [-0.2, 0) is 19.1 Å². The Morgan fingerprint density at radius 3 is 1.45 bits per heavy atom. The van der Waals surface area contributed by atoms with Crippen molar-refractivity contribution in [3.8, 4) is 0 Å². The van der Waals surface area contributed by atoms with Gasteiger partial charge in [-0.3, -0.25) is 4.74 Å². The Labute approximate surface area is 240 Å². The smallest absolute Gasteiger partial charge is 0.340 e. The monoisotopic (exact) mass is 575 g/mol. The average Bonchev–Trinajstić information content (AvgIpc) is 2.94. The Balaban J connectivity index is 2.85. The maximum Gasteiger partial charge on any atom is 0.340 e. The van der Waals surface area contributed by atoms with Gasteiger partial charge < -0.3 is 9.47 Å². The van der Waals surface area contributed by atoms with Crippen LogP contribution < -0.4 is 10.6 Å². The SMILES string of the molecule is COC(=O)/C(=C(\C(=O)OC)P(=Nc1c(C(C)C)cccc1C(C)C)(c1ccccc1)c1ccccc1)[Si](C)(C)C. The molecule has 0 unspecified atom stereocenters. The summed E-state index contributed by atoms with van der Waals surface area (Å²) in [6.45, 7) is 14.8. The van der Waals surface area contributed by atoms with Crippen LogP contribution in [0.25, 0.3) is 0 Å². The third-order valence-electron chi connectivity index (χ3n) is 6.93. The molecule has 3 aromatic rings. The molecule has 0 N–H and O–H groups in total. The molecule has 0 atom stereocenters. The zero-order valence-electron chi connectivity index (χ0n) is 25.2. The molecular formula is C33H42NO4PSi. The molecule has 7 heteroatoms. The van der Waals surface area contributed by atoms with E-state index in [0.717, 1.165) is 27.4 Å². The van der Waals surface area contributed by atoms with Crippen LogP contribution in [0.15, 0.2) is 94.1 Å². The molecule has 0 heterocycles. The topological polar surface area (TPSA) is 65.0 Å². The van der Waals surface area contributed by atoms with E-state index in [-0.39, 0.29) is 11.8 Å². The van der Waals surface area contributed by atoms with Crippen molar-refractivity contribution in [1.29, 1.82) is 0 Å². The van der Waals surface area contributed by atoms with E-state index in [1.165, 1.54) is 14.2 Å². The highest BCUT2D eigenvalue weighted by Gasteiger charge is 2.43. The number of hydrogen-bond acceptors (Lipinski definition) is 5. The first-order valence-electron chi connectivity index (χ1n) is 13.7. The number of nitrogens with zero attached hydrogens (tertiary/aromatic N) is 1. The predicted octanol–water partition coefficient (Wildman–Crippen LogP) is 7.89. The van der Waals surface area contributed by atoms with Crippen LogP contribution in [0.5, 0.6) is 0 Å². The number of benzene rings is 3. The standard InChI is InChI=1S/C33H42NO4PSi/c1-23(2)27-21-16-22-28(24(3)4)29(27)34-39(25-17-12-10-13-18-25,26-19-14-11-15-20-26)30(32(35)37-5)31(33(36)38-6)40(7,8)9/h10-24H,1-9H3/b31-30-. The third kappa shape index (κ3) is 6.24. The summed E-state index contributed by atoms with van der Waals surface area (Å²) >= 11 is 0. The van der Waals surface area contributed by atoms with Crippen molar-refractivity contribution in [2.24, 2.45) is 4.74 Å². The van der Waals surface area contributed by atoms with Gasteiger partial charge in [0.15, 0.2) is 0 Å². The van der Waals surface area contributed by atoms with Crippen molar-refractivity contribution in [2.45, 2.75) is 59.2 Å². The Morgan fingerprint density at radius 1 is 0.675 bits per heavy atom. The van der Waals surface area contributed by atoms with Gasteiger partial charge in [-0.25, -0.2) is 9.59 Å². The Bertz CT molecular complexity index is 1370.